The van der Waals surface area contributed by atoms with Crippen molar-refractivity contribution in [3.8, 4) is 11.1 Å². The van der Waals surface area contributed by atoms with Gasteiger partial charge >= 0.3 is 0 Å². The SMILES string of the molecule is C1=NC(c2cccc3c2Cc2ccccc2-3)CO1. The van der Waals surface area contributed by atoms with Crippen LogP contribution in [-0.2, 0) is 11.2 Å². The number of ether oxygens (including phenoxy) is 1. The lowest BCUT2D eigenvalue weighted by Gasteiger charge is -2.11. The minimum atomic E-state index is 0.175. The maximum Gasteiger partial charge on any atom is 0.170 e. The molecule has 2 aromatic carbocycles. The molecule has 0 radical (unpaired) electrons. The van der Waals surface area contributed by atoms with Gasteiger partial charge in [-0.1, -0.05) is 42.5 Å². The van der Waals surface area contributed by atoms with Gasteiger partial charge in [0.25, 0.3) is 0 Å². The second-order valence-electron chi connectivity index (χ2n) is 4.81. The van der Waals surface area contributed by atoms with E-state index in [9.17, 15) is 0 Å². The number of fused-ring (bicyclic) bond motifs is 3. The van der Waals surface area contributed by atoms with Gasteiger partial charge in [-0.2, -0.15) is 0 Å². The molecule has 2 aliphatic rings. The zero-order valence-corrected chi connectivity index (χ0v) is 9.97. The van der Waals surface area contributed by atoms with Crippen molar-refractivity contribution in [2.45, 2.75) is 12.5 Å². The first kappa shape index (κ1) is 9.89. The standard InChI is InChI=1S/C16H13NO/c1-2-5-12-11(4-1)8-15-13(12)6-3-7-14(15)16-9-18-10-17-16/h1-7,10,16H,8-9H2. The largest absolute Gasteiger partial charge is 0.481 e. The van der Waals surface area contributed by atoms with Gasteiger partial charge < -0.3 is 4.74 Å². The van der Waals surface area contributed by atoms with Crippen LogP contribution in [0.2, 0.25) is 0 Å². The van der Waals surface area contributed by atoms with Crippen molar-refractivity contribution in [1.82, 2.24) is 0 Å². The van der Waals surface area contributed by atoms with Gasteiger partial charge in [-0.25, -0.2) is 4.99 Å². The zero-order valence-electron chi connectivity index (χ0n) is 9.97. The molecule has 1 aliphatic carbocycles. The third-order valence-electron chi connectivity index (χ3n) is 3.82. The molecular weight excluding hydrogens is 222 g/mol. The Kier molecular flexibility index (Phi) is 2.04. The molecule has 88 valence electrons. The highest BCUT2D eigenvalue weighted by atomic mass is 16.5. The van der Waals surface area contributed by atoms with Crippen LogP contribution < -0.4 is 0 Å². The van der Waals surface area contributed by atoms with E-state index in [1.165, 1.54) is 27.8 Å². The normalized spacial score (nSPS) is 19.4. The molecule has 0 fully saturated rings. The molecule has 1 atom stereocenters. The third-order valence-corrected chi connectivity index (χ3v) is 3.82. The van der Waals surface area contributed by atoms with Crippen LogP contribution in [0.4, 0.5) is 0 Å². The summed E-state index contributed by atoms with van der Waals surface area (Å²) in [5.41, 5.74) is 6.90. The highest BCUT2D eigenvalue weighted by Crippen LogP contribution is 2.40. The van der Waals surface area contributed by atoms with Crippen molar-refractivity contribution >= 4 is 6.40 Å². The van der Waals surface area contributed by atoms with Crippen LogP contribution in [0.25, 0.3) is 11.1 Å². The zero-order chi connectivity index (χ0) is 11.9. The average Bonchev–Trinajstić information content (AvgIpc) is 3.05. The fourth-order valence-corrected chi connectivity index (χ4v) is 2.96. The Labute approximate surface area is 106 Å². The van der Waals surface area contributed by atoms with E-state index in [-0.39, 0.29) is 6.04 Å². The van der Waals surface area contributed by atoms with Crippen molar-refractivity contribution in [2.75, 3.05) is 6.61 Å². The highest BCUT2D eigenvalue weighted by Gasteiger charge is 2.25. The Bertz CT molecular complexity index is 645. The van der Waals surface area contributed by atoms with Crippen LogP contribution in [0.1, 0.15) is 22.7 Å². The number of nitrogens with zero attached hydrogens (tertiary/aromatic N) is 1. The summed E-state index contributed by atoms with van der Waals surface area (Å²) in [6.45, 7) is 0.673. The molecule has 4 rings (SSSR count). The number of rotatable bonds is 1. The Balaban J connectivity index is 1.89. The summed E-state index contributed by atoms with van der Waals surface area (Å²) in [5, 5.41) is 0. The fraction of sp³-hybridized carbons (Fsp3) is 0.188. The first-order valence-corrected chi connectivity index (χ1v) is 6.27. The van der Waals surface area contributed by atoms with Crippen LogP contribution in [0, 0.1) is 0 Å². The minimum Gasteiger partial charge on any atom is -0.481 e. The summed E-state index contributed by atoms with van der Waals surface area (Å²) in [5.74, 6) is 0. The molecule has 0 amide bonds. The van der Waals surface area contributed by atoms with Crippen LogP contribution in [0.15, 0.2) is 47.5 Å². The van der Waals surface area contributed by atoms with E-state index in [0.717, 1.165) is 6.42 Å². The summed E-state index contributed by atoms with van der Waals surface area (Å²) in [6.07, 6.45) is 2.60. The lowest BCUT2D eigenvalue weighted by Crippen LogP contribution is -2.01. The predicted octanol–water partition coefficient (Wildman–Crippen LogP) is 3.36. The molecule has 2 nitrogen and oxygen atoms in total. The lowest BCUT2D eigenvalue weighted by atomic mass is 9.97. The molecular formula is C16H13NO. The Morgan fingerprint density at radius 1 is 1.00 bits per heavy atom. The smallest absolute Gasteiger partial charge is 0.170 e. The monoisotopic (exact) mass is 235 g/mol. The maximum atomic E-state index is 5.26. The predicted molar refractivity (Wildman–Crippen MR) is 71.9 cm³/mol. The van der Waals surface area contributed by atoms with Crippen molar-refractivity contribution in [3.05, 3.63) is 59.2 Å². The quantitative estimate of drug-likeness (QED) is 0.633. The number of aliphatic imine (C=N–C) groups is 1. The van der Waals surface area contributed by atoms with Crippen molar-refractivity contribution in [3.63, 3.8) is 0 Å². The highest BCUT2D eigenvalue weighted by molar-refractivity contribution is 5.78. The molecule has 0 saturated heterocycles. The average molecular weight is 235 g/mol. The fourth-order valence-electron chi connectivity index (χ4n) is 2.96. The van der Waals surface area contributed by atoms with Crippen LogP contribution in [-0.4, -0.2) is 13.0 Å². The minimum absolute atomic E-state index is 0.175. The molecule has 0 bridgehead atoms. The molecule has 1 heterocycles. The molecule has 0 spiro atoms. The molecule has 1 aliphatic heterocycles. The van der Waals surface area contributed by atoms with Crippen molar-refractivity contribution in [1.29, 1.82) is 0 Å². The molecule has 2 aromatic rings. The Morgan fingerprint density at radius 3 is 2.78 bits per heavy atom. The number of hydrogen-bond donors (Lipinski definition) is 0. The maximum absolute atomic E-state index is 5.26. The van der Waals surface area contributed by atoms with E-state index in [1.807, 2.05) is 0 Å². The molecule has 1 unspecified atom stereocenters. The lowest BCUT2D eigenvalue weighted by molar-refractivity contribution is 0.330. The molecule has 18 heavy (non-hydrogen) atoms. The first-order valence-electron chi connectivity index (χ1n) is 6.27. The van der Waals surface area contributed by atoms with Gasteiger partial charge in [0.05, 0.1) is 0 Å². The van der Waals surface area contributed by atoms with E-state index < -0.39 is 0 Å². The summed E-state index contributed by atoms with van der Waals surface area (Å²) in [6, 6.07) is 15.3. The van der Waals surface area contributed by atoms with Gasteiger partial charge in [-0.3, -0.25) is 0 Å². The summed E-state index contributed by atoms with van der Waals surface area (Å²) in [4.78, 5) is 4.40. The second kappa shape index (κ2) is 3.70. The molecule has 2 heteroatoms. The summed E-state index contributed by atoms with van der Waals surface area (Å²) in [7, 11) is 0. The van der Waals surface area contributed by atoms with Gasteiger partial charge in [0.15, 0.2) is 6.40 Å². The third kappa shape index (κ3) is 1.32. The van der Waals surface area contributed by atoms with Gasteiger partial charge in [-0.05, 0) is 34.2 Å². The number of hydrogen-bond acceptors (Lipinski definition) is 2. The van der Waals surface area contributed by atoms with E-state index in [1.54, 1.807) is 6.40 Å². The van der Waals surface area contributed by atoms with E-state index >= 15 is 0 Å². The Hall–Kier alpha value is -2.09. The van der Waals surface area contributed by atoms with E-state index in [0.29, 0.717) is 6.61 Å². The topological polar surface area (TPSA) is 21.6 Å². The van der Waals surface area contributed by atoms with E-state index in [4.69, 9.17) is 4.74 Å². The summed E-state index contributed by atoms with van der Waals surface area (Å²) < 4.78 is 5.26. The van der Waals surface area contributed by atoms with Crippen LogP contribution in [0.5, 0.6) is 0 Å². The van der Waals surface area contributed by atoms with Crippen LogP contribution >= 0.6 is 0 Å². The molecule has 0 aromatic heterocycles. The van der Waals surface area contributed by atoms with Gasteiger partial charge in [-0.15, -0.1) is 0 Å². The van der Waals surface area contributed by atoms with Gasteiger partial charge in [0.2, 0.25) is 0 Å². The Morgan fingerprint density at radius 2 is 1.89 bits per heavy atom. The number of benzene rings is 2. The van der Waals surface area contributed by atoms with Crippen molar-refractivity contribution < 1.29 is 4.74 Å². The molecule has 0 N–H and O–H groups in total. The molecule has 0 saturated carbocycles. The van der Waals surface area contributed by atoms with Crippen molar-refractivity contribution in [2.24, 2.45) is 4.99 Å². The van der Waals surface area contributed by atoms with Gasteiger partial charge in [0, 0.05) is 0 Å². The van der Waals surface area contributed by atoms with Gasteiger partial charge in [0.1, 0.15) is 12.6 Å². The summed E-state index contributed by atoms with van der Waals surface area (Å²) >= 11 is 0. The second-order valence-corrected chi connectivity index (χ2v) is 4.81. The first-order chi connectivity index (χ1) is 8.93. The van der Waals surface area contributed by atoms with Crippen LogP contribution in [0.3, 0.4) is 0 Å². The van der Waals surface area contributed by atoms with E-state index in [2.05, 4.69) is 47.5 Å².